The average Bonchev–Trinajstić information content (AvgIpc) is 2.97. The van der Waals surface area contributed by atoms with Crippen molar-refractivity contribution in [3.8, 4) is 11.5 Å². The first-order chi connectivity index (χ1) is 9.72. The molecular weight excluding hydrogens is 250 g/mol. The molecule has 106 valence electrons. The highest BCUT2D eigenvalue weighted by Gasteiger charge is 2.18. The Kier molecular flexibility index (Phi) is 3.72. The number of benzene rings is 1. The highest BCUT2D eigenvalue weighted by Crippen LogP contribution is 2.28. The molecule has 20 heavy (non-hydrogen) atoms. The van der Waals surface area contributed by atoms with Crippen LogP contribution in [0, 0.1) is 12.8 Å². The molecule has 0 bridgehead atoms. The van der Waals surface area contributed by atoms with Crippen LogP contribution in [0.25, 0.3) is 11.5 Å². The standard InChI is InChI=1S/C16H21N3O/c1-11-3-6-14(7-4-11)18-15-8-5-13(9-12(15)2)16-19-17-10-20-16/h5,8-11,14,18H,3-4,6-7H2,1-2H3. The zero-order valence-corrected chi connectivity index (χ0v) is 12.1. The lowest BCUT2D eigenvalue weighted by atomic mass is 9.87. The Labute approximate surface area is 119 Å². The Hall–Kier alpha value is -1.84. The summed E-state index contributed by atoms with van der Waals surface area (Å²) in [4.78, 5) is 0. The number of nitrogens with one attached hydrogen (secondary N) is 1. The molecule has 1 aromatic carbocycles. The molecule has 0 saturated heterocycles. The Morgan fingerprint density at radius 1 is 1.20 bits per heavy atom. The van der Waals surface area contributed by atoms with Gasteiger partial charge in [-0.3, -0.25) is 0 Å². The lowest BCUT2D eigenvalue weighted by Gasteiger charge is -2.28. The van der Waals surface area contributed by atoms with Gasteiger partial charge in [0.2, 0.25) is 12.3 Å². The van der Waals surface area contributed by atoms with E-state index in [-0.39, 0.29) is 0 Å². The maximum absolute atomic E-state index is 5.23. The third-order valence-corrected chi connectivity index (χ3v) is 4.21. The summed E-state index contributed by atoms with van der Waals surface area (Å²) in [6.45, 7) is 4.47. The van der Waals surface area contributed by atoms with Crippen molar-refractivity contribution in [3.63, 3.8) is 0 Å². The van der Waals surface area contributed by atoms with E-state index in [1.165, 1.54) is 43.3 Å². The van der Waals surface area contributed by atoms with E-state index < -0.39 is 0 Å². The summed E-state index contributed by atoms with van der Waals surface area (Å²) in [5, 5.41) is 11.3. The number of aromatic nitrogens is 2. The molecule has 4 nitrogen and oxygen atoms in total. The SMILES string of the molecule is Cc1cc(-c2nnco2)ccc1NC1CCC(C)CC1. The first-order valence-electron chi connectivity index (χ1n) is 7.36. The van der Waals surface area contributed by atoms with Crippen LogP contribution >= 0.6 is 0 Å². The molecule has 0 unspecified atom stereocenters. The number of anilines is 1. The lowest BCUT2D eigenvalue weighted by Crippen LogP contribution is -2.25. The molecular formula is C16H21N3O. The third kappa shape index (κ3) is 2.84. The normalized spacial score (nSPS) is 22.7. The molecule has 3 rings (SSSR count). The summed E-state index contributed by atoms with van der Waals surface area (Å²) in [6.07, 6.45) is 6.56. The van der Waals surface area contributed by atoms with Gasteiger partial charge in [-0.2, -0.15) is 0 Å². The van der Waals surface area contributed by atoms with Crippen LogP contribution in [0.15, 0.2) is 29.0 Å². The lowest BCUT2D eigenvalue weighted by molar-refractivity contribution is 0.361. The van der Waals surface area contributed by atoms with Gasteiger partial charge in [0.05, 0.1) is 0 Å². The van der Waals surface area contributed by atoms with Crippen molar-refractivity contribution >= 4 is 5.69 Å². The van der Waals surface area contributed by atoms with E-state index in [1.54, 1.807) is 0 Å². The molecule has 1 aromatic heterocycles. The molecule has 4 heteroatoms. The fraction of sp³-hybridized carbons (Fsp3) is 0.500. The summed E-state index contributed by atoms with van der Waals surface area (Å²) >= 11 is 0. The van der Waals surface area contributed by atoms with Gasteiger partial charge in [-0.15, -0.1) is 10.2 Å². The van der Waals surface area contributed by atoms with Crippen molar-refractivity contribution in [2.75, 3.05) is 5.32 Å². The fourth-order valence-corrected chi connectivity index (χ4v) is 2.88. The van der Waals surface area contributed by atoms with Crippen LogP contribution < -0.4 is 5.32 Å². The monoisotopic (exact) mass is 271 g/mol. The van der Waals surface area contributed by atoms with Crippen LogP contribution in [0.5, 0.6) is 0 Å². The van der Waals surface area contributed by atoms with Gasteiger partial charge in [-0.05, 0) is 62.3 Å². The molecule has 2 aromatic rings. The predicted molar refractivity (Wildman–Crippen MR) is 79.5 cm³/mol. The van der Waals surface area contributed by atoms with Gasteiger partial charge in [0.1, 0.15) is 0 Å². The second kappa shape index (κ2) is 5.65. The first-order valence-corrected chi connectivity index (χ1v) is 7.36. The Morgan fingerprint density at radius 3 is 2.65 bits per heavy atom. The molecule has 0 atom stereocenters. The van der Waals surface area contributed by atoms with Gasteiger partial charge in [-0.1, -0.05) is 6.92 Å². The zero-order valence-electron chi connectivity index (χ0n) is 12.1. The highest BCUT2D eigenvalue weighted by molar-refractivity contribution is 5.62. The quantitative estimate of drug-likeness (QED) is 0.915. The minimum atomic E-state index is 0.575. The van der Waals surface area contributed by atoms with Crippen molar-refractivity contribution in [3.05, 3.63) is 30.2 Å². The first kappa shape index (κ1) is 13.2. The van der Waals surface area contributed by atoms with Crippen LogP contribution in [0.2, 0.25) is 0 Å². The predicted octanol–water partition coefficient (Wildman–Crippen LogP) is 4.04. The molecule has 1 aliphatic carbocycles. The molecule has 1 saturated carbocycles. The largest absolute Gasteiger partial charge is 0.423 e. The number of hydrogen-bond acceptors (Lipinski definition) is 4. The van der Waals surface area contributed by atoms with Gasteiger partial charge >= 0.3 is 0 Å². The van der Waals surface area contributed by atoms with Crippen LogP contribution in [0.4, 0.5) is 5.69 Å². The number of aryl methyl sites for hydroxylation is 1. The topological polar surface area (TPSA) is 51.0 Å². The van der Waals surface area contributed by atoms with E-state index in [1.807, 2.05) is 6.07 Å². The van der Waals surface area contributed by atoms with Gasteiger partial charge in [-0.25, -0.2) is 0 Å². The van der Waals surface area contributed by atoms with E-state index in [4.69, 9.17) is 4.42 Å². The smallest absolute Gasteiger partial charge is 0.247 e. The average molecular weight is 271 g/mol. The Balaban J connectivity index is 1.71. The highest BCUT2D eigenvalue weighted by atomic mass is 16.4. The van der Waals surface area contributed by atoms with Crippen LogP contribution in [-0.2, 0) is 0 Å². The number of rotatable bonds is 3. The van der Waals surface area contributed by atoms with Crippen molar-refractivity contribution in [1.82, 2.24) is 10.2 Å². The van der Waals surface area contributed by atoms with E-state index >= 15 is 0 Å². The van der Waals surface area contributed by atoms with Crippen LogP contribution in [0.3, 0.4) is 0 Å². The van der Waals surface area contributed by atoms with Crippen molar-refractivity contribution in [2.24, 2.45) is 5.92 Å². The summed E-state index contributed by atoms with van der Waals surface area (Å²) < 4.78 is 5.23. The van der Waals surface area contributed by atoms with Crippen molar-refractivity contribution in [2.45, 2.75) is 45.6 Å². The Bertz CT molecular complexity index is 557. The second-order valence-corrected chi connectivity index (χ2v) is 5.87. The minimum absolute atomic E-state index is 0.575. The molecule has 0 amide bonds. The molecule has 1 fully saturated rings. The Morgan fingerprint density at radius 2 is 2.00 bits per heavy atom. The van der Waals surface area contributed by atoms with E-state index in [0.717, 1.165) is 11.5 Å². The summed E-state index contributed by atoms with van der Waals surface area (Å²) in [6, 6.07) is 6.86. The molecule has 1 N–H and O–H groups in total. The maximum Gasteiger partial charge on any atom is 0.247 e. The van der Waals surface area contributed by atoms with E-state index in [0.29, 0.717) is 11.9 Å². The maximum atomic E-state index is 5.23. The van der Waals surface area contributed by atoms with Gasteiger partial charge in [0.15, 0.2) is 0 Å². The molecule has 1 heterocycles. The molecule has 0 radical (unpaired) electrons. The van der Waals surface area contributed by atoms with E-state index in [2.05, 4.69) is 41.5 Å². The van der Waals surface area contributed by atoms with Gasteiger partial charge in [0, 0.05) is 17.3 Å². The zero-order chi connectivity index (χ0) is 13.9. The molecule has 0 spiro atoms. The van der Waals surface area contributed by atoms with Crippen LogP contribution in [-0.4, -0.2) is 16.2 Å². The van der Waals surface area contributed by atoms with Crippen LogP contribution in [0.1, 0.15) is 38.2 Å². The third-order valence-electron chi connectivity index (χ3n) is 4.21. The summed E-state index contributed by atoms with van der Waals surface area (Å²) in [5.41, 5.74) is 3.41. The van der Waals surface area contributed by atoms with E-state index in [9.17, 15) is 0 Å². The fourth-order valence-electron chi connectivity index (χ4n) is 2.88. The minimum Gasteiger partial charge on any atom is -0.423 e. The van der Waals surface area contributed by atoms with Gasteiger partial charge < -0.3 is 9.73 Å². The summed E-state index contributed by atoms with van der Waals surface area (Å²) in [5.74, 6) is 1.46. The molecule has 1 aliphatic rings. The molecule has 0 aliphatic heterocycles. The summed E-state index contributed by atoms with van der Waals surface area (Å²) in [7, 11) is 0. The van der Waals surface area contributed by atoms with Crippen molar-refractivity contribution in [1.29, 1.82) is 0 Å². The van der Waals surface area contributed by atoms with Gasteiger partial charge in [0.25, 0.3) is 0 Å². The second-order valence-electron chi connectivity index (χ2n) is 5.87. The van der Waals surface area contributed by atoms with Crippen molar-refractivity contribution < 1.29 is 4.42 Å². The number of nitrogens with zero attached hydrogens (tertiary/aromatic N) is 2. The number of hydrogen-bond donors (Lipinski definition) is 1.